The molecule has 6 heavy (non-hydrogen) atoms. The van der Waals surface area contributed by atoms with Crippen molar-refractivity contribution in [1.82, 2.24) is 0 Å². The lowest BCUT2D eigenvalue weighted by Gasteiger charge is -1.71. The molecule has 34 valence electrons. The Bertz CT molecular complexity index is 29.3. The maximum absolute atomic E-state index is 3.62. The van der Waals surface area contributed by atoms with E-state index in [1.54, 1.807) is 0 Å². The van der Waals surface area contributed by atoms with Crippen LogP contribution in [0.1, 0.15) is 13.3 Å². The third-order valence-electron chi connectivity index (χ3n) is 0.495. The molecule has 0 aliphatic heterocycles. The van der Waals surface area contributed by atoms with E-state index < -0.39 is 0 Å². The van der Waals surface area contributed by atoms with E-state index in [0.29, 0.717) is 0 Å². The number of allylic oxidation sites excluding steroid dienone is 2. The highest BCUT2D eigenvalue weighted by Gasteiger charge is 1.60. The molecule has 0 rings (SSSR count). The van der Waals surface area contributed by atoms with Crippen LogP contribution in [0.2, 0.25) is 0 Å². The third kappa shape index (κ3) is 3.74. The van der Waals surface area contributed by atoms with E-state index in [2.05, 4.69) is 6.92 Å². The smallest absolute Gasteiger partial charge is 0.0202 e. The second-order valence-electron chi connectivity index (χ2n) is 1.05. The van der Waals surface area contributed by atoms with Crippen molar-refractivity contribution >= 4 is 0 Å². The quantitative estimate of drug-likeness (QED) is 0.478. The highest BCUT2D eigenvalue weighted by molar-refractivity contribution is 4.91. The molecule has 0 heterocycles. The van der Waals surface area contributed by atoms with Crippen LogP contribution in [0.25, 0.3) is 0 Å². The number of hydrogen-bond donors (Lipinski definition) is 0. The van der Waals surface area contributed by atoms with Crippen molar-refractivity contribution in [2.45, 2.75) is 13.3 Å². The molecule has 0 unspecified atom stereocenters. The van der Waals surface area contributed by atoms with Gasteiger partial charge in [-0.1, -0.05) is 19.1 Å². The fourth-order valence-electron chi connectivity index (χ4n) is 0.232. The fourth-order valence-corrected chi connectivity index (χ4v) is 0.232. The molecular formula is C6H10. The summed E-state index contributed by atoms with van der Waals surface area (Å²) < 4.78 is 0. The van der Waals surface area contributed by atoms with E-state index in [-0.39, 0.29) is 0 Å². The summed E-state index contributed by atoms with van der Waals surface area (Å²) in [6, 6.07) is 0. The van der Waals surface area contributed by atoms with Crippen LogP contribution in [0.4, 0.5) is 0 Å². The third-order valence-corrected chi connectivity index (χ3v) is 0.495. The lowest BCUT2D eigenvalue weighted by molar-refractivity contribution is 1.38. The minimum Gasteiger partial charge on any atom is -0.0882 e. The summed E-state index contributed by atoms with van der Waals surface area (Å²) in [6.07, 6.45) is 6.89. The molecule has 0 saturated carbocycles. The maximum atomic E-state index is 3.62. The van der Waals surface area contributed by atoms with Crippen LogP contribution in [0.15, 0.2) is 12.2 Å². The van der Waals surface area contributed by atoms with E-state index in [4.69, 9.17) is 0 Å². The van der Waals surface area contributed by atoms with E-state index >= 15 is 0 Å². The van der Waals surface area contributed by atoms with Gasteiger partial charge in [-0.2, -0.15) is 0 Å². The van der Waals surface area contributed by atoms with Crippen molar-refractivity contribution in [3.63, 3.8) is 0 Å². The zero-order valence-electron chi connectivity index (χ0n) is 4.15. The standard InChI is InChI=1S/C6H10/c1-3-5-6-4-2/h4-6H,1,3H2,2H3/b6-5+. The molecule has 2 radical (unpaired) electrons. The molecule has 0 aromatic heterocycles. The molecule has 0 N–H and O–H groups in total. The zero-order chi connectivity index (χ0) is 4.83. The molecule has 0 nitrogen and oxygen atoms in total. The first-order valence-electron chi connectivity index (χ1n) is 2.15. The molecule has 0 spiro atoms. The van der Waals surface area contributed by atoms with Gasteiger partial charge in [0.25, 0.3) is 0 Å². The largest absolute Gasteiger partial charge is 0.0882 e. The Kier molecular flexibility index (Phi) is 4.53. The summed E-state index contributed by atoms with van der Waals surface area (Å²) in [7, 11) is 0. The predicted octanol–water partition coefficient (Wildman–Crippen LogP) is 1.99. The normalized spacial score (nSPS) is 10.3. The predicted molar refractivity (Wildman–Crippen MR) is 29.1 cm³/mol. The molecule has 0 saturated heterocycles. The van der Waals surface area contributed by atoms with Crippen LogP contribution in [0, 0.1) is 13.3 Å². The molecule has 0 aromatic rings. The topological polar surface area (TPSA) is 0 Å². The summed E-state index contributed by atoms with van der Waals surface area (Å²) >= 11 is 0. The summed E-state index contributed by atoms with van der Waals surface area (Å²) in [5.41, 5.74) is 0. The monoisotopic (exact) mass is 82.1 g/mol. The molecule has 0 atom stereocenters. The van der Waals surface area contributed by atoms with Crippen molar-refractivity contribution in [3.05, 3.63) is 25.5 Å². The molecule has 0 fully saturated rings. The van der Waals surface area contributed by atoms with Gasteiger partial charge in [-0.05, 0) is 19.8 Å². The van der Waals surface area contributed by atoms with Crippen LogP contribution in [-0.2, 0) is 0 Å². The van der Waals surface area contributed by atoms with Gasteiger partial charge in [0.1, 0.15) is 0 Å². The van der Waals surface area contributed by atoms with Crippen LogP contribution < -0.4 is 0 Å². The maximum Gasteiger partial charge on any atom is -0.0202 e. The van der Waals surface area contributed by atoms with Gasteiger partial charge in [0.15, 0.2) is 0 Å². The van der Waals surface area contributed by atoms with Gasteiger partial charge in [0, 0.05) is 0 Å². The van der Waals surface area contributed by atoms with Gasteiger partial charge < -0.3 is 0 Å². The van der Waals surface area contributed by atoms with Gasteiger partial charge in [-0.15, -0.1) is 0 Å². The summed E-state index contributed by atoms with van der Waals surface area (Å²) in [6.45, 7) is 5.61. The van der Waals surface area contributed by atoms with Gasteiger partial charge >= 0.3 is 0 Å². The second-order valence-corrected chi connectivity index (χ2v) is 1.05. The average Bonchev–Trinajstić information content (AvgIpc) is 1.61. The summed E-state index contributed by atoms with van der Waals surface area (Å²) in [5, 5.41) is 0. The van der Waals surface area contributed by atoms with E-state index in [1.165, 1.54) is 0 Å². The molecule has 0 bridgehead atoms. The van der Waals surface area contributed by atoms with Crippen LogP contribution >= 0.6 is 0 Å². The Morgan fingerprint density at radius 2 is 2.33 bits per heavy atom. The molecule has 0 aromatic carbocycles. The van der Waals surface area contributed by atoms with Gasteiger partial charge in [0.05, 0.1) is 0 Å². The van der Waals surface area contributed by atoms with Crippen LogP contribution in [0.3, 0.4) is 0 Å². The molecule has 0 heteroatoms. The second kappa shape index (κ2) is 4.74. The highest BCUT2D eigenvalue weighted by Crippen LogP contribution is 1.79. The molecule has 0 aliphatic carbocycles. The Balaban J connectivity index is 2.73. The first-order valence-corrected chi connectivity index (χ1v) is 2.15. The van der Waals surface area contributed by atoms with Gasteiger partial charge in [-0.25, -0.2) is 0 Å². The van der Waals surface area contributed by atoms with Gasteiger partial charge in [-0.3, -0.25) is 0 Å². The SMILES string of the molecule is [CH2]C/C=C/[CH]C. The van der Waals surface area contributed by atoms with Crippen molar-refractivity contribution in [3.8, 4) is 0 Å². The Morgan fingerprint density at radius 3 is 2.50 bits per heavy atom. The Morgan fingerprint density at radius 1 is 1.67 bits per heavy atom. The number of hydrogen-bond acceptors (Lipinski definition) is 0. The lowest BCUT2D eigenvalue weighted by Crippen LogP contribution is -1.52. The van der Waals surface area contributed by atoms with E-state index in [9.17, 15) is 0 Å². The van der Waals surface area contributed by atoms with Crippen molar-refractivity contribution < 1.29 is 0 Å². The highest BCUT2D eigenvalue weighted by atomic mass is 13.7. The summed E-state index contributed by atoms with van der Waals surface area (Å²) in [5.74, 6) is 0. The minimum atomic E-state index is 0.893. The summed E-state index contributed by atoms with van der Waals surface area (Å²) in [4.78, 5) is 0. The van der Waals surface area contributed by atoms with Crippen molar-refractivity contribution in [2.24, 2.45) is 0 Å². The Labute approximate surface area is 39.9 Å². The van der Waals surface area contributed by atoms with E-state index in [1.807, 2.05) is 25.5 Å². The van der Waals surface area contributed by atoms with Crippen LogP contribution in [0.5, 0.6) is 0 Å². The van der Waals surface area contributed by atoms with Crippen LogP contribution in [-0.4, -0.2) is 0 Å². The molecule has 0 amide bonds. The molecule has 0 aliphatic rings. The fraction of sp³-hybridized carbons (Fsp3) is 0.333. The first-order chi connectivity index (χ1) is 2.91. The molecular weight excluding hydrogens is 72.1 g/mol. The lowest BCUT2D eigenvalue weighted by atomic mass is 10.4. The van der Waals surface area contributed by atoms with Crippen molar-refractivity contribution in [2.75, 3.05) is 0 Å². The minimum absolute atomic E-state index is 0.893. The Hall–Kier alpha value is -0.260. The average molecular weight is 82.1 g/mol. The van der Waals surface area contributed by atoms with Gasteiger partial charge in [0.2, 0.25) is 0 Å². The van der Waals surface area contributed by atoms with E-state index in [0.717, 1.165) is 6.42 Å². The first kappa shape index (κ1) is 5.74. The zero-order valence-corrected chi connectivity index (χ0v) is 4.15. The van der Waals surface area contributed by atoms with Crippen molar-refractivity contribution in [1.29, 1.82) is 0 Å². The number of rotatable bonds is 2.